The summed E-state index contributed by atoms with van der Waals surface area (Å²) >= 11 is 0. The zero-order valence-corrected chi connectivity index (χ0v) is 16.3. The fraction of sp³-hybridized carbons (Fsp3) is 0.250. The maximum Gasteiger partial charge on any atom is 0.405 e. The molecule has 11 heteroatoms. The van der Waals surface area contributed by atoms with Crippen molar-refractivity contribution in [2.75, 3.05) is 25.1 Å². The molecule has 3 aromatic rings. The Kier molecular flexibility index (Phi) is 5.96. The van der Waals surface area contributed by atoms with E-state index < -0.39 is 41.3 Å². The van der Waals surface area contributed by atoms with Crippen LogP contribution in [0, 0.1) is 11.6 Å². The molecule has 0 radical (unpaired) electrons. The molecule has 0 saturated carbocycles. The minimum atomic E-state index is -4.51. The average Bonchev–Trinajstić information content (AvgIpc) is 2.67. The molecule has 0 bridgehead atoms. The van der Waals surface area contributed by atoms with Crippen LogP contribution in [0.3, 0.4) is 0 Å². The number of anilines is 1. The SMILES string of the molecule is CCOC(=O)c1cn(-c2ccc(F)cc2F)c2nc(N(C)CC(F)(F)F)ccc2c1=O. The predicted octanol–water partition coefficient (Wildman–Crippen LogP) is 3.84. The Morgan fingerprint density at radius 1 is 1.19 bits per heavy atom. The van der Waals surface area contributed by atoms with E-state index in [1.807, 2.05) is 0 Å². The van der Waals surface area contributed by atoms with Crippen molar-refractivity contribution in [2.24, 2.45) is 0 Å². The van der Waals surface area contributed by atoms with Crippen molar-refractivity contribution in [3.05, 3.63) is 63.9 Å². The van der Waals surface area contributed by atoms with Gasteiger partial charge in [-0.3, -0.25) is 9.36 Å². The number of aromatic nitrogens is 2. The highest BCUT2D eigenvalue weighted by Crippen LogP contribution is 2.24. The zero-order chi connectivity index (χ0) is 22.9. The average molecular weight is 441 g/mol. The van der Waals surface area contributed by atoms with Gasteiger partial charge in [0, 0.05) is 19.3 Å². The Bertz CT molecular complexity index is 1210. The van der Waals surface area contributed by atoms with Crippen molar-refractivity contribution >= 4 is 22.8 Å². The van der Waals surface area contributed by atoms with Crippen molar-refractivity contribution in [1.82, 2.24) is 9.55 Å². The van der Waals surface area contributed by atoms with Crippen molar-refractivity contribution in [3.63, 3.8) is 0 Å². The molecule has 6 nitrogen and oxygen atoms in total. The second-order valence-electron chi connectivity index (χ2n) is 6.57. The van der Waals surface area contributed by atoms with E-state index in [0.29, 0.717) is 6.07 Å². The molecule has 2 aromatic heterocycles. The summed E-state index contributed by atoms with van der Waals surface area (Å²) in [5.74, 6) is -3.01. The van der Waals surface area contributed by atoms with Gasteiger partial charge in [0.15, 0.2) is 5.65 Å². The zero-order valence-electron chi connectivity index (χ0n) is 16.3. The number of carbonyl (C=O) groups is 1. The summed E-state index contributed by atoms with van der Waals surface area (Å²) in [6.07, 6.45) is -3.54. The number of benzene rings is 1. The molecule has 3 rings (SSSR count). The van der Waals surface area contributed by atoms with Crippen LogP contribution < -0.4 is 10.3 Å². The molecule has 0 atom stereocenters. The number of rotatable bonds is 5. The maximum absolute atomic E-state index is 14.5. The third kappa shape index (κ3) is 4.65. The van der Waals surface area contributed by atoms with Gasteiger partial charge in [-0.25, -0.2) is 18.6 Å². The van der Waals surface area contributed by atoms with Gasteiger partial charge in [0.1, 0.15) is 29.6 Å². The highest BCUT2D eigenvalue weighted by molar-refractivity contribution is 5.93. The number of halogens is 5. The molecule has 0 fully saturated rings. The number of carbonyl (C=O) groups excluding carboxylic acids is 1. The first-order chi connectivity index (χ1) is 14.5. The van der Waals surface area contributed by atoms with Crippen LogP contribution in [-0.2, 0) is 4.74 Å². The Morgan fingerprint density at radius 2 is 1.90 bits per heavy atom. The Hall–Kier alpha value is -3.50. The van der Waals surface area contributed by atoms with E-state index in [1.165, 1.54) is 19.1 Å². The van der Waals surface area contributed by atoms with Gasteiger partial charge in [-0.15, -0.1) is 0 Å². The quantitative estimate of drug-likeness (QED) is 0.445. The molecule has 0 saturated heterocycles. The lowest BCUT2D eigenvalue weighted by Crippen LogP contribution is -2.31. The number of pyridine rings is 2. The fourth-order valence-electron chi connectivity index (χ4n) is 2.97. The van der Waals surface area contributed by atoms with Crippen LogP contribution in [0.1, 0.15) is 17.3 Å². The molecule has 164 valence electrons. The van der Waals surface area contributed by atoms with E-state index in [9.17, 15) is 31.5 Å². The molecule has 1 aromatic carbocycles. The molecule has 0 N–H and O–H groups in total. The second-order valence-corrected chi connectivity index (χ2v) is 6.57. The van der Waals surface area contributed by atoms with Gasteiger partial charge in [0.25, 0.3) is 0 Å². The molecule has 0 aliphatic heterocycles. The summed E-state index contributed by atoms with van der Waals surface area (Å²) in [6, 6.07) is 4.95. The van der Waals surface area contributed by atoms with Crippen LogP contribution >= 0.6 is 0 Å². The van der Waals surface area contributed by atoms with E-state index in [-0.39, 0.29) is 29.1 Å². The first-order valence-electron chi connectivity index (χ1n) is 8.98. The lowest BCUT2D eigenvalue weighted by molar-refractivity contribution is -0.119. The monoisotopic (exact) mass is 441 g/mol. The van der Waals surface area contributed by atoms with E-state index in [2.05, 4.69) is 4.98 Å². The first-order valence-corrected chi connectivity index (χ1v) is 8.98. The molecule has 0 aliphatic rings. The third-order valence-electron chi connectivity index (χ3n) is 4.31. The van der Waals surface area contributed by atoms with Crippen molar-refractivity contribution in [2.45, 2.75) is 13.1 Å². The molecular weight excluding hydrogens is 425 g/mol. The van der Waals surface area contributed by atoms with Gasteiger partial charge in [-0.1, -0.05) is 0 Å². The van der Waals surface area contributed by atoms with E-state index in [1.54, 1.807) is 0 Å². The van der Waals surface area contributed by atoms with Crippen LogP contribution in [0.5, 0.6) is 0 Å². The number of ether oxygens (including phenoxy) is 1. The second kappa shape index (κ2) is 8.32. The van der Waals surface area contributed by atoms with Crippen molar-refractivity contribution in [3.8, 4) is 5.69 Å². The number of esters is 1. The summed E-state index contributed by atoms with van der Waals surface area (Å²) in [6.45, 7) is 0.184. The summed E-state index contributed by atoms with van der Waals surface area (Å²) in [7, 11) is 1.15. The van der Waals surface area contributed by atoms with Crippen LogP contribution in [0.4, 0.5) is 27.8 Å². The molecule has 0 unspecified atom stereocenters. The van der Waals surface area contributed by atoms with Crippen LogP contribution in [0.2, 0.25) is 0 Å². The summed E-state index contributed by atoms with van der Waals surface area (Å²) in [5, 5.41) is -0.154. The molecule has 0 amide bonds. The van der Waals surface area contributed by atoms with Gasteiger partial charge in [-0.05, 0) is 31.2 Å². The maximum atomic E-state index is 14.5. The van der Waals surface area contributed by atoms with Crippen molar-refractivity contribution < 1.29 is 31.5 Å². The van der Waals surface area contributed by atoms with Crippen LogP contribution in [-0.4, -0.2) is 41.9 Å². The third-order valence-corrected chi connectivity index (χ3v) is 4.31. The highest BCUT2D eigenvalue weighted by atomic mass is 19.4. The fourth-order valence-corrected chi connectivity index (χ4v) is 2.97. The van der Waals surface area contributed by atoms with Gasteiger partial charge in [0.05, 0.1) is 17.7 Å². The number of nitrogens with zero attached hydrogens (tertiary/aromatic N) is 3. The first kappa shape index (κ1) is 22.2. The minimum Gasteiger partial charge on any atom is -0.462 e. The molecule has 31 heavy (non-hydrogen) atoms. The van der Waals surface area contributed by atoms with Gasteiger partial charge in [0.2, 0.25) is 5.43 Å². The van der Waals surface area contributed by atoms with Crippen molar-refractivity contribution in [1.29, 1.82) is 0 Å². The van der Waals surface area contributed by atoms with E-state index in [0.717, 1.165) is 34.8 Å². The van der Waals surface area contributed by atoms with Gasteiger partial charge >= 0.3 is 12.1 Å². The summed E-state index contributed by atoms with van der Waals surface area (Å²) in [4.78, 5) is 29.9. The number of fused-ring (bicyclic) bond motifs is 1. The normalized spacial score (nSPS) is 11.6. The summed E-state index contributed by atoms with van der Waals surface area (Å²) < 4.78 is 72.0. The van der Waals surface area contributed by atoms with E-state index in [4.69, 9.17) is 4.74 Å². The van der Waals surface area contributed by atoms with Gasteiger partial charge < -0.3 is 9.64 Å². The standard InChI is InChI=1S/C20H16F5N3O3/c1-3-31-19(30)13-9-28(15-6-4-11(21)8-14(15)22)18-12(17(13)29)5-7-16(26-18)27(2)10-20(23,24)25/h4-9H,3,10H2,1-2H3. The topological polar surface area (TPSA) is 64.4 Å². The Morgan fingerprint density at radius 3 is 2.52 bits per heavy atom. The predicted molar refractivity (Wildman–Crippen MR) is 103 cm³/mol. The number of hydrogen-bond donors (Lipinski definition) is 0. The molecule has 0 spiro atoms. The number of hydrogen-bond acceptors (Lipinski definition) is 5. The molecule has 2 heterocycles. The Labute approximate surface area is 172 Å². The van der Waals surface area contributed by atoms with Gasteiger partial charge in [-0.2, -0.15) is 13.2 Å². The van der Waals surface area contributed by atoms with Crippen LogP contribution in [0.25, 0.3) is 16.7 Å². The largest absolute Gasteiger partial charge is 0.462 e. The number of alkyl halides is 3. The molecular formula is C20H16F5N3O3. The summed E-state index contributed by atoms with van der Waals surface area (Å²) in [5.41, 5.74) is -1.70. The lowest BCUT2D eigenvalue weighted by Gasteiger charge is -2.21. The van der Waals surface area contributed by atoms with E-state index >= 15 is 0 Å². The highest BCUT2D eigenvalue weighted by Gasteiger charge is 2.30. The molecule has 0 aliphatic carbocycles. The minimum absolute atomic E-state index is 0.0271. The Balaban J connectivity index is 2.30. The smallest absolute Gasteiger partial charge is 0.405 e. The van der Waals surface area contributed by atoms with Crippen LogP contribution in [0.15, 0.2) is 41.3 Å². The lowest BCUT2D eigenvalue weighted by atomic mass is 10.1.